The van der Waals surface area contributed by atoms with E-state index < -0.39 is 0 Å². The van der Waals surface area contributed by atoms with Gasteiger partial charge in [0.15, 0.2) is 11.5 Å². The molecule has 0 fully saturated rings. The molecule has 152 valence electrons. The van der Waals surface area contributed by atoms with Gasteiger partial charge in [-0.15, -0.1) is 0 Å². The van der Waals surface area contributed by atoms with Crippen LogP contribution in [0.15, 0.2) is 54.6 Å². The summed E-state index contributed by atoms with van der Waals surface area (Å²) in [6.07, 6.45) is 0. The highest BCUT2D eigenvalue weighted by molar-refractivity contribution is 5.88. The Hall–Kier alpha value is -3.21. The molecule has 5 nitrogen and oxygen atoms in total. The molecule has 29 heavy (non-hydrogen) atoms. The molecular formula is C24H27NO4. The Morgan fingerprint density at radius 3 is 2.24 bits per heavy atom. The molecule has 1 atom stereocenters. The Bertz CT molecular complexity index is 1010. The fraction of sp³-hybridized carbons (Fsp3) is 0.292. The van der Waals surface area contributed by atoms with E-state index in [1.807, 2.05) is 62.5 Å². The first-order valence-electron chi connectivity index (χ1n) is 9.50. The van der Waals surface area contributed by atoms with Crippen molar-refractivity contribution in [1.29, 1.82) is 0 Å². The normalized spacial score (nSPS) is 11.8. The first kappa shape index (κ1) is 20.5. The number of benzene rings is 3. The summed E-state index contributed by atoms with van der Waals surface area (Å²) in [6.45, 7) is 2.44. The third kappa shape index (κ3) is 4.45. The second kappa shape index (κ2) is 8.86. The third-order valence-corrected chi connectivity index (χ3v) is 5.19. The van der Waals surface area contributed by atoms with Gasteiger partial charge in [-0.25, -0.2) is 0 Å². The second-order valence-corrected chi connectivity index (χ2v) is 7.08. The number of rotatable bonds is 7. The quantitative estimate of drug-likeness (QED) is 0.587. The third-order valence-electron chi connectivity index (χ3n) is 5.19. The van der Waals surface area contributed by atoms with Gasteiger partial charge in [-0.05, 0) is 53.1 Å². The van der Waals surface area contributed by atoms with Crippen molar-refractivity contribution in [2.45, 2.75) is 19.4 Å². The first-order valence-corrected chi connectivity index (χ1v) is 9.50. The molecule has 3 rings (SSSR count). The van der Waals surface area contributed by atoms with Crippen molar-refractivity contribution in [3.05, 3.63) is 65.7 Å². The second-order valence-electron chi connectivity index (χ2n) is 7.08. The Labute approximate surface area is 171 Å². The summed E-state index contributed by atoms with van der Waals surface area (Å²) in [4.78, 5) is 14.8. The summed E-state index contributed by atoms with van der Waals surface area (Å²) in [5.74, 6) is 1.97. The largest absolute Gasteiger partial charge is 0.497 e. The van der Waals surface area contributed by atoms with Gasteiger partial charge in [0, 0.05) is 13.6 Å². The number of amides is 1. The van der Waals surface area contributed by atoms with Crippen LogP contribution in [0.5, 0.6) is 17.2 Å². The van der Waals surface area contributed by atoms with Crippen molar-refractivity contribution in [2.24, 2.45) is 0 Å². The molecule has 5 heteroatoms. The lowest BCUT2D eigenvalue weighted by Crippen LogP contribution is -2.30. The molecule has 0 heterocycles. The highest BCUT2D eigenvalue weighted by Gasteiger charge is 2.20. The SMILES string of the molecule is COc1ccc2cc([C@H](C)C(=O)N(C)Cc3ccc(OC)c(OC)c3)ccc2c1. The molecule has 0 aliphatic carbocycles. The number of ether oxygens (including phenoxy) is 3. The Kier molecular flexibility index (Phi) is 6.27. The fourth-order valence-electron chi connectivity index (χ4n) is 3.44. The van der Waals surface area contributed by atoms with Crippen LogP contribution >= 0.6 is 0 Å². The molecule has 0 saturated carbocycles. The lowest BCUT2D eigenvalue weighted by atomic mass is 9.96. The Balaban J connectivity index is 1.76. The van der Waals surface area contributed by atoms with Gasteiger partial charge in [-0.1, -0.05) is 30.3 Å². The average Bonchev–Trinajstić information content (AvgIpc) is 2.77. The van der Waals surface area contributed by atoms with Gasteiger partial charge in [-0.3, -0.25) is 4.79 Å². The number of carbonyl (C=O) groups excluding carboxylic acids is 1. The van der Waals surface area contributed by atoms with Crippen molar-refractivity contribution < 1.29 is 19.0 Å². The van der Waals surface area contributed by atoms with Crippen LogP contribution < -0.4 is 14.2 Å². The maximum absolute atomic E-state index is 13.0. The molecule has 0 N–H and O–H groups in total. The van der Waals surface area contributed by atoms with Gasteiger partial charge in [0.2, 0.25) is 5.91 Å². The number of hydrogen-bond donors (Lipinski definition) is 0. The fourth-order valence-corrected chi connectivity index (χ4v) is 3.44. The maximum Gasteiger partial charge on any atom is 0.229 e. The summed E-state index contributed by atoms with van der Waals surface area (Å²) < 4.78 is 15.9. The zero-order chi connectivity index (χ0) is 21.0. The molecule has 0 radical (unpaired) electrons. The topological polar surface area (TPSA) is 48.0 Å². The minimum Gasteiger partial charge on any atom is -0.497 e. The van der Waals surface area contributed by atoms with E-state index in [2.05, 4.69) is 6.07 Å². The number of carbonyl (C=O) groups is 1. The van der Waals surface area contributed by atoms with Crippen LogP contribution in [0.2, 0.25) is 0 Å². The molecule has 0 aliphatic rings. The molecule has 0 bridgehead atoms. The van der Waals surface area contributed by atoms with E-state index in [4.69, 9.17) is 14.2 Å². The summed E-state index contributed by atoms with van der Waals surface area (Å²) in [5.41, 5.74) is 1.98. The molecule has 0 saturated heterocycles. The van der Waals surface area contributed by atoms with Gasteiger partial charge in [0.1, 0.15) is 5.75 Å². The summed E-state index contributed by atoms with van der Waals surface area (Å²) in [6, 6.07) is 17.8. The first-order chi connectivity index (χ1) is 14.0. The molecule has 3 aromatic rings. The van der Waals surface area contributed by atoms with Crippen LogP contribution in [0.3, 0.4) is 0 Å². The minimum atomic E-state index is -0.244. The van der Waals surface area contributed by atoms with Crippen LogP contribution in [0.4, 0.5) is 0 Å². The van der Waals surface area contributed by atoms with E-state index in [9.17, 15) is 4.79 Å². The van der Waals surface area contributed by atoms with Crippen LogP contribution in [0.1, 0.15) is 24.0 Å². The van der Waals surface area contributed by atoms with Gasteiger partial charge in [0.25, 0.3) is 0 Å². The predicted octanol–water partition coefficient (Wildman–Crippen LogP) is 4.63. The standard InChI is InChI=1S/C24H27NO4/c1-16(18-7-8-20-14-21(27-3)10-9-19(20)13-18)24(26)25(2)15-17-6-11-22(28-4)23(12-17)29-5/h6-14,16H,15H2,1-5H3/t16-/m0/s1. The zero-order valence-corrected chi connectivity index (χ0v) is 17.6. The van der Waals surface area contributed by atoms with Crippen molar-refractivity contribution in [1.82, 2.24) is 4.90 Å². The van der Waals surface area contributed by atoms with Gasteiger partial charge >= 0.3 is 0 Å². The number of methoxy groups -OCH3 is 3. The number of fused-ring (bicyclic) bond motifs is 1. The lowest BCUT2D eigenvalue weighted by molar-refractivity contribution is -0.131. The van der Waals surface area contributed by atoms with E-state index >= 15 is 0 Å². The maximum atomic E-state index is 13.0. The van der Waals surface area contributed by atoms with E-state index in [0.29, 0.717) is 18.0 Å². The van der Waals surface area contributed by atoms with Crippen molar-refractivity contribution in [3.8, 4) is 17.2 Å². The highest BCUT2D eigenvalue weighted by atomic mass is 16.5. The Morgan fingerprint density at radius 1 is 0.862 bits per heavy atom. The van der Waals surface area contributed by atoms with Crippen molar-refractivity contribution in [3.63, 3.8) is 0 Å². The van der Waals surface area contributed by atoms with Crippen LogP contribution in [0.25, 0.3) is 10.8 Å². The lowest BCUT2D eigenvalue weighted by Gasteiger charge is -2.22. The molecular weight excluding hydrogens is 366 g/mol. The van der Waals surface area contributed by atoms with Crippen LogP contribution in [-0.2, 0) is 11.3 Å². The summed E-state index contributed by atoms with van der Waals surface area (Å²) in [5, 5.41) is 2.18. The van der Waals surface area contributed by atoms with Gasteiger partial charge in [-0.2, -0.15) is 0 Å². The molecule has 3 aromatic carbocycles. The number of nitrogens with zero attached hydrogens (tertiary/aromatic N) is 1. The Morgan fingerprint density at radius 2 is 1.55 bits per heavy atom. The predicted molar refractivity (Wildman–Crippen MR) is 115 cm³/mol. The average molecular weight is 393 g/mol. The van der Waals surface area contributed by atoms with Crippen molar-refractivity contribution >= 4 is 16.7 Å². The molecule has 0 aliphatic heterocycles. The van der Waals surface area contributed by atoms with Crippen molar-refractivity contribution in [2.75, 3.05) is 28.4 Å². The minimum absolute atomic E-state index is 0.0626. The molecule has 0 unspecified atom stereocenters. The zero-order valence-electron chi connectivity index (χ0n) is 17.6. The van der Waals surface area contributed by atoms with E-state index in [-0.39, 0.29) is 11.8 Å². The number of hydrogen-bond acceptors (Lipinski definition) is 4. The summed E-state index contributed by atoms with van der Waals surface area (Å²) in [7, 11) is 6.69. The molecule has 0 aromatic heterocycles. The van der Waals surface area contributed by atoms with E-state index in [0.717, 1.165) is 27.6 Å². The monoisotopic (exact) mass is 393 g/mol. The molecule has 0 spiro atoms. The van der Waals surface area contributed by atoms with E-state index in [1.165, 1.54) is 0 Å². The van der Waals surface area contributed by atoms with Crippen LogP contribution in [0, 0.1) is 0 Å². The smallest absolute Gasteiger partial charge is 0.229 e. The summed E-state index contributed by atoms with van der Waals surface area (Å²) >= 11 is 0. The van der Waals surface area contributed by atoms with Gasteiger partial charge < -0.3 is 19.1 Å². The number of likely N-dealkylation sites (N-methyl/N-ethyl adjacent to an activating group) is 1. The van der Waals surface area contributed by atoms with Gasteiger partial charge in [0.05, 0.1) is 27.2 Å². The van der Waals surface area contributed by atoms with Crippen LogP contribution in [-0.4, -0.2) is 39.2 Å². The highest BCUT2D eigenvalue weighted by Crippen LogP contribution is 2.29. The van der Waals surface area contributed by atoms with E-state index in [1.54, 1.807) is 26.2 Å². The molecule has 1 amide bonds.